The van der Waals surface area contributed by atoms with Gasteiger partial charge in [-0.3, -0.25) is 10.1 Å². The summed E-state index contributed by atoms with van der Waals surface area (Å²) in [5, 5.41) is 14.5. The van der Waals surface area contributed by atoms with Crippen LogP contribution in [0.1, 0.15) is 11.1 Å². The molecule has 0 bridgehead atoms. The zero-order valence-corrected chi connectivity index (χ0v) is 12.6. The fraction of sp³-hybridized carbons (Fsp3) is 0.0667. The molecule has 0 saturated carbocycles. The van der Waals surface area contributed by atoms with Crippen molar-refractivity contribution in [2.24, 2.45) is 10.9 Å². The first-order valence-electron chi connectivity index (χ1n) is 6.49. The minimum atomic E-state index is -0.645. The van der Waals surface area contributed by atoms with E-state index >= 15 is 0 Å². The van der Waals surface area contributed by atoms with E-state index in [2.05, 4.69) is 5.16 Å². The van der Waals surface area contributed by atoms with Crippen LogP contribution in [0.25, 0.3) is 0 Å². The van der Waals surface area contributed by atoms with Crippen LogP contribution in [0.2, 0.25) is 5.02 Å². The number of hydrogen-bond donors (Lipinski definition) is 1. The molecule has 8 heteroatoms. The van der Waals surface area contributed by atoms with Crippen molar-refractivity contribution in [3.8, 4) is 0 Å². The summed E-state index contributed by atoms with van der Waals surface area (Å²) in [6.45, 7) is 0. The first-order chi connectivity index (χ1) is 11.0. The van der Waals surface area contributed by atoms with E-state index in [0.29, 0.717) is 16.1 Å². The van der Waals surface area contributed by atoms with Crippen molar-refractivity contribution in [2.45, 2.75) is 6.42 Å². The number of carbonyl (C=O) groups excluding carboxylic acids is 1. The molecule has 0 heterocycles. The van der Waals surface area contributed by atoms with Crippen LogP contribution in [0, 0.1) is 10.1 Å². The van der Waals surface area contributed by atoms with E-state index in [9.17, 15) is 14.9 Å². The van der Waals surface area contributed by atoms with Crippen LogP contribution < -0.4 is 5.73 Å². The number of oxime groups is 1. The van der Waals surface area contributed by atoms with Gasteiger partial charge in [-0.2, -0.15) is 0 Å². The fourth-order valence-electron chi connectivity index (χ4n) is 1.75. The van der Waals surface area contributed by atoms with Crippen molar-refractivity contribution in [1.29, 1.82) is 0 Å². The van der Waals surface area contributed by atoms with E-state index < -0.39 is 10.9 Å². The van der Waals surface area contributed by atoms with Gasteiger partial charge >= 0.3 is 5.97 Å². The van der Waals surface area contributed by atoms with E-state index in [1.165, 1.54) is 24.3 Å². The second kappa shape index (κ2) is 7.37. The van der Waals surface area contributed by atoms with Gasteiger partial charge in [0.15, 0.2) is 5.84 Å². The molecule has 0 aliphatic rings. The predicted molar refractivity (Wildman–Crippen MR) is 85.1 cm³/mol. The minimum absolute atomic E-state index is 0.0207. The largest absolute Gasteiger partial charge is 0.380 e. The number of non-ortho nitro benzene ring substituents is 1. The lowest BCUT2D eigenvalue weighted by molar-refractivity contribution is -0.384. The summed E-state index contributed by atoms with van der Waals surface area (Å²) in [5.41, 5.74) is 6.67. The van der Waals surface area contributed by atoms with Crippen LogP contribution in [0.4, 0.5) is 5.69 Å². The summed E-state index contributed by atoms with van der Waals surface area (Å²) in [4.78, 5) is 26.5. The molecule has 2 aromatic carbocycles. The van der Waals surface area contributed by atoms with Crippen LogP contribution >= 0.6 is 11.6 Å². The highest BCUT2D eigenvalue weighted by molar-refractivity contribution is 6.34. The third-order valence-corrected chi connectivity index (χ3v) is 3.22. The molecule has 2 N–H and O–H groups in total. The van der Waals surface area contributed by atoms with Crippen molar-refractivity contribution in [3.63, 3.8) is 0 Å². The molecule has 0 fully saturated rings. The number of nitro benzene ring substituents is 1. The maximum atomic E-state index is 11.7. The van der Waals surface area contributed by atoms with Gasteiger partial charge in [0.25, 0.3) is 5.69 Å². The second-order valence-electron chi connectivity index (χ2n) is 4.52. The Labute approximate surface area is 136 Å². The van der Waals surface area contributed by atoms with Gasteiger partial charge in [-0.1, -0.05) is 41.0 Å². The number of hydrogen-bond acceptors (Lipinski definition) is 5. The quantitative estimate of drug-likeness (QED) is 0.297. The van der Waals surface area contributed by atoms with Crippen molar-refractivity contribution in [1.82, 2.24) is 0 Å². The summed E-state index contributed by atoms with van der Waals surface area (Å²) < 4.78 is 0. The van der Waals surface area contributed by atoms with Crippen molar-refractivity contribution < 1.29 is 14.6 Å². The smallest absolute Gasteiger partial charge is 0.339 e. The standard InChI is InChI=1S/C15H12ClN3O4/c16-13-4-2-1-3-12(13)15(17)18-23-14(20)9-10-5-7-11(8-6-10)19(21)22/h1-8H,9H2,(H2,17,18). The number of halogens is 1. The van der Waals surface area contributed by atoms with Crippen LogP contribution in [-0.2, 0) is 16.1 Å². The van der Waals surface area contributed by atoms with Gasteiger partial charge in [0, 0.05) is 17.7 Å². The summed E-state index contributed by atoms with van der Waals surface area (Å²) in [6.07, 6.45) is -0.0860. The van der Waals surface area contributed by atoms with Crippen LogP contribution in [-0.4, -0.2) is 16.7 Å². The average molecular weight is 334 g/mol. The summed E-state index contributed by atoms with van der Waals surface area (Å²) in [7, 11) is 0. The summed E-state index contributed by atoms with van der Waals surface area (Å²) in [6, 6.07) is 12.3. The first kappa shape index (κ1) is 16.4. The fourth-order valence-corrected chi connectivity index (χ4v) is 1.99. The second-order valence-corrected chi connectivity index (χ2v) is 4.93. The van der Waals surface area contributed by atoms with Crippen molar-refractivity contribution in [3.05, 3.63) is 74.8 Å². The van der Waals surface area contributed by atoms with Gasteiger partial charge < -0.3 is 10.6 Å². The van der Waals surface area contributed by atoms with Crippen LogP contribution in [0.3, 0.4) is 0 Å². The Balaban J connectivity index is 1.98. The monoisotopic (exact) mass is 333 g/mol. The lowest BCUT2D eigenvalue weighted by Gasteiger charge is -2.03. The molecule has 0 atom stereocenters. The van der Waals surface area contributed by atoms with Crippen LogP contribution in [0.15, 0.2) is 53.7 Å². The molecule has 118 valence electrons. The predicted octanol–water partition coefficient (Wildman–Crippen LogP) is 2.65. The number of amidine groups is 1. The Kier molecular flexibility index (Phi) is 5.27. The highest BCUT2D eigenvalue weighted by Gasteiger charge is 2.10. The van der Waals surface area contributed by atoms with E-state index in [1.54, 1.807) is 24.3 Å². The Morgan fingerprint density at radius 2 is 1.87 bits per heavy atom. The highest BCUT2D eigenvalue weighted by Crippen LogP contribution is 2.15. The Morgan fingerprint density at radius 3 is 2.48 bits per heavy atom. The lowest BCUT2D eigenvalue weighted by Crippen LogP contribution is -2.16. The molecule has 0 aliphatic carbocycles. The van der Waals surface area contributed by atoms with Gasteiger partial charge in [0.1, 0.15) is 0 Å². The zero-order chi connectivity index (χ0) is 16.8. The van der Waals surface area contributed by atoms with E-state index in [0.717, 1.165) is 0 Å². The molecule has 23 heavy (non-hydrogen) atoms. The lowest BCUT2D eigenvalue weighted by atomic mass is 10.1. The molecule has 2 rings (SSSR count). The molecule has 2 aromatic rings. The third kappa shape index (κ3) is 4.52. The van der Waals surface area contributed by atoms with Gasteiger partial charge in [0.2, 0.25) is 0 Å². The third-order valence-electron chi connectivity index (χ3n) is 2.89. The van der Waals surface area contributed by atoms with Gasteiger partial charge in [0.05, 0.1) is 16.4 Å². The molecule has 0 amide bonds. The van der Waals surface area contributed by atoms with E-state index in [-0.39, 0.29) is 17.9 Å². The highest BCUT2D eigenvalue weighted by atomic mass is 35.5. The topological polar surface area (TPSA) is 108 Å². The maximum Gasteiger partial charge on any atom is 0.339 e. The Bertz CT molecular complexity index is 760. The number of carbonyl (C=O) groups is 1. The minimum Gasteiger partial charge on any atom is -0.380 e. The average Bonchev–Trinajstić information content (AvgIpc) is 2.53. The normalized spacial score (nSPS) is 11.1. The van der Waals surface area contributed by atoms with Gasteiger partial charge in [-0.15, -0.1) is 0 Å². The molecule has 0 radical (unpaired) electrons. The van der Waals surface area contributed by atoms with Crippen LogP contribution in [0.5, 0.6) is 0 Å². The van der Waals surface area contributed by atoms with Gasteiger partial charge in [-0.05, 0) is 17.7 Å². The van der Waals surface area contributed by atoms with E-state index in [4.69, 9.17) is 22.2 Å². The first-order valence-corrected chi connectivity index (χ1v) is 6.86. The maximum absolute atomic E-state index is 11.7. The number of rotatable bonds is 5. The summed E-state index contributed by atoms with van der Waals surface area (Å²) in [5.74, 6) is -0.665. The molecular weight excluding hydrogens is 322 g/mol. The molecule has 0 spiro atoms. The molecule has 0 unspecified atom stereocenters. The number of benzene rings is 2. The Morgan fingerprint density at radius 1 is 1.22 bits per heavy atom. The van der Waals surface area contributed by atoms with Crippen molar-refractivity contribution >= 4 is 29.1 Å². The summed E-state index contributed by atoms with van der Waals surface area (Å²) >= 11 is 5.95. The zero-order valence-electron chi connectivity index (χ0n) is 11.8. The molecule has 0 saturated heterocycles. The molecular formula is C15H12ClN3O4. The SMILES string of the molecule is N/C(=N/OC(=O)Cc1ccc([N+](=O)[O-])cc1)c1ccccc1Cl. The molecule has 0 aromatic heterocycles. The number of nitrogens with two attached hydrogens (primary N) is 1. The van der Waals surface area contributed by atoms with Gasteiger partial charge in [-0.25, -0.2) is 4.79 Å². The number of nitrogens with zero attached hydrogens (tertiary/aromatic N) is 2. The molecule has 0 aliphatic heterocycles. The molecule has 7 nitrogen and oxygen atoms in total. The Hall–Kier alpha value is -2.93. The number of nitro groups is 1. The van der Waals surface area contributed by atoms with E-state index in [1.807, 2.05) is 0 Å². The van der Waals surface area contributed by atoms with Crippen molar-refractivity contribution in [2.75, 3.05) is 0 Å².